The van der Waals surface area contributed by atoms with Crippen molar-refractivity contribution in [3.8, 4) is 6.08 Å². The van der Waals surface area contributed by atoms with Gasteiger partial charge in [-0.1, -0.05) is 12.1 Å². The Hall–Kier alpha value is -2.24. The van der Waals surface area contributed by atoms with Gasteiger partial charge in [0.2, 0.25) is 0 Å². The zero-order valence-corrected chi connectivity index (χ0v) is 13.7. The molecule has 3 rings (SSSR count). The Kier molecular flexibility index (Phi) is 4.15. The number of para-hydroxylation sites is 2. The van der Waals surface area contributed by atoms with E-state index in [1.54, 1.807) is 4.90 Å². The summed E-state index contributed by atoms with van der Waals surface area (Å²) in [5.74, 6) is 0. The molecule has 1 aromatic carbocycles. The van der Waals surface area contributed by atoms with Gasteiger partial charge in [0.25, 0.3) is 0 Å². The van der Waals surface area contributed by atoms with Crippen LogP contribution in [0.2, 0.25) is 0 Å². The Bertz CT molecular complexity index is 656. The van der Waals surface area contributed by atoms with Gasteiger partial charge in [0, 0.05) is 6.54 Å². The molecule has 1 aromatic heterocycles. The molecular formula is C17H22N2O4. The van der Waals surface area contributed by atoms with E-state index in [0.717, 1.165) is 18.4 Å². The minimum atomic E-state index is -0.495. The summed E-state index contributed by atoms with van der Waals surface area (Å²) in [7, 11) is 0. The Morgan fingerprint density at radius 1 is 1.35 bits per heavy atom. The maximum atomic E-state index is 12.2. The summed E-state index contributed by atoms with van der Waals surface area (Å²) in [6.07, 6.45) is 1.54. The number of benzene rings is 1. The number of fused-ring (bicyclic) bond motifs is 1. The van der Waals surface area contributed by atoms with Crippen LogP contribution in [-0.2, 0) is 4.74 Å². The van der Waals surface area contributed by atoms with E-state index in [4.69, 9.17) is 13.9 Å². The molecule has 0 aliphatic carbocycles. The normalized spacial score (nSPS) is 18.9. The molecule has 0 radical (unpaired) electrons. The van der Waals surface area contributed by atoms with Gasteiger partial charge < -0.3 is 18.8 Å². The summed E-state index contributed by atoms with van der Waals surface area (Å²) in [5.41, 5.74) is 0.968. The van der Waals surface area contributed by atoms with Gasteiger partial charge in [-0.15, -0.1) is 0 Å². The number of nitrogens with zero attached hydrogens (tertiary/aromatic N) is 2. The van der Waals surface area contributed by atoms with Crippen LogP contribution in [0.5, 0.6) is 6.08 Å². The maximum Gasteiger partial charge on any atom is 0.410 e. The Morgan fingerprint density at radius 2 is 2.13 bits per heavy atom. The van der Waals surface area contributed by atoms with Gasteiger partial charge in [-0.2, -0.15) is 4.98 Å². The summed E-state index contributed by atoms with van der Waals surface area (Å²) < 4.78 is 16.8. The van der Waals surface area contributed by atoms with Crippen molar-refractivity contribution in [1.82, 2.24) is 9.88 Å². The zero-order valence-electron chi connectivity index (χ0n) is 13.7. The average molecular weight is 318 g/mol. The first-order valence-electron chi connectivity index (χ1n) is 7.91. The molecule has 1 unspecified atom stereocenters. The van der Waals surface area contributed by atoms with Crippen LogP contribution >= 0.6 is 0 Å². The molecule has 1 aliphatic heterocycles. The number of likely N-dealkylation sites (tertiary alicyclic amines) is 1. The second-order valence-corrected chi connectivity index (χ2v) is 6.76. The largest absolute Gasteiger partial charge is 0.445 e. The molecule has 6 heteroatoms. The molecule has 1 aliphatic rings. The molecule has 0 bridgehead atoms. The highest BCUT2D eigenvalue weighted by molar-refractivity contribution is 5.72. The first-order chi connectivity index (χ1) is 10.9. The highest BCUT2D eigenvalue weighted by Crippen LogP contribution is 2.23. The molecule has 2 aromatic rings. The smallest absolute Gasteiger partial charge is 0.410 e. The van der Waals surface area contributed by atoms with E-state index in [1.165, 1.54) is 0 Å². The van der Waals surface area contributed by atoms with E-state index in [2.05, 4.69) is 4.98 Å². The summed E-state index contributed by atoms with van der Waals surface area (Å²) in [6, 6.07) is 7.52. The fourth-order valence-corrected chi connectivity index (χ4v) is 2.57. The van der Waals surface area contributed by atoms with Crippen molar-refractivity contribution in [3.05, 3.63) is 24.3 Å². The van der Waals surface area contributed by atoms with Crippen LogP contribution in [0.3, 0.4) is 0 Å². The molecule has 6 nitrogen and oxygen atoms in total. The van der Waals surface area contributed by atoms with E-state index in [0.29, 0.717) is 18.7 Å². The molecular weight excluding hydrogens is 296 g/mol. The van der Waals surface area contributed by atoms with Crippen LogP contribution in [0, 0.1) is 0 Å². The van der Waals surface area contributed by atoms with Crippen molar-refractivity contribution >= 4 is 17.2 Å². The molecule has 2 heterocycles. The Labute approximate surface area is 135 Å². The first-order valence-corrected chi connectivity index (χ1v) is 7.91. The lowest BCUT2D eigenvalue weighted by molar-refractivity contribution is 0.00411. The van der Waals surface area contributed by atoms with E-state index in [-0.39, 0.29) is 18.3 Å². The van der Waals surface area contributed by atoms with Crippen molar-refractivity contribution in [3.63, 3.8) is 0 Å². The van der Waals surface area contributed by atoms with Crippen molar-refractivity contribution in [2.75, 3.05) is 13.1 Å². The van der Waals surface area contributed by atoms with Crippen LogP contribution in [-0.4, -0.2) is 40.8 Å². The van der Waals surface area contributed by atoms with E-state index in [1.807, 2.05) is 45.0 Å². The van der Waals surface area contributed by atoms with Crippen LogP contribution in [0.4, 0.5) is 4.79 Å². The number of carbonyl (C=O) groups is 1. The standard InChI is InChI=1S/C17H22N2O4/c1-17(2,3)23-16(20)19-10-6-7-12(11-19)21-15-18-13-8-4-5-9-14(13)22-15/h4-5,8-9,12H,6-7,10-11H2,1-3H3. The lowest BCUT2D eigenvalue weighted by atomic mass is 10.1. The fraction of sp³-hybridized carbons (Fsp3) is 0.529. The van der Waals surface area contributed by atoms with Gasteiger partial charge in [-0.05, 0) is 45.7 Å². The quantitative estimate of drug-likeness (QED) is 0.846. The molecule has 124 valence electrons. The molecule has 1 atom stereocenters. The third-order valence-corrected chi connectivity index (χ3v) is 3.57. The summed E-state index contributed by atoms with van der Waals surface area (Å²) in [4.78, 5) is 18.2. The van der Waals surface area contributed by atoms with Crippen molar-refractivity contribution in [2.45, 2.75) is 45.3 Å². The predicted molar refractivity (Wildman–Crippen MR) is 85.5 cm³/mol. The van der Waals surface area contributed by atoms with Crippen molar-refractivity contribution in [1.29, 1.82) is 0 Å². The Balaban J connectivity index is 1.63. The van der Waals surface area contributed by atoms with Crippen LogP contribution in [0.15, 0.2) is 28.7 Å². The number of amides is 1. The molecule has 0 saturated carbocycles. The van der Waals surface area contributed by atoms with Crippen molar-refractivity contribution < 1.29 is 18.7 Å². The second kappa shape index (κ2) is 6.10. The van der Waals surface area contributed by atoms with Crippen molar-refractivity contribution in [2.24, 2.45) is 0 Å². The number of piperidine rings is 1. The van der Waals surface area contributed by atoms with Gasteiger partial charge in [0.05, 0.1) is 6.54 Å². The number of oxazole rings is 1. The summed E-state index contributed by atoms with van der Waals surface area (Å²) in [6.45, 7) is 6.75. The third kappa shape index (κ3) is 3.94. The fourth-order valence-electron chi connectivity index (χ4n) is 2.57. The molecule has 1 amide bonds. The first kappa shape index (κ1) is 15.6. The topological polar surface area (TPSA) is 64.8 Å². The zero-order chi connectivity index (χ0) is 16.4. The van der Waals surface area contributed by atoms with Crippen LogP contribution < -0.4 is 4.74 Å². The van der Waals surface area contributed by atoms with Crippen LogP contribution in [0.1, 0.15) is 33.6 Å². The van der Waals surface area contributed by atoms with E-state index >= 15 is 0 Å². The lowest BCUT2D eigenvalue weighted by Crippen LogP contribution is -2.46. The average Bonchev–Trinajstić information content (AvgIpc) is 2.88. The number of rotatable bonds is 2. The maximum absolute atomic E-state index is 12.2. The lowest BCUT2D eigenvalue weighted by Gasteiger charge is -2.33. The predicted octanol–water partition coefficient (Wildman–Crippen LogP) is 3.61. The highest BCUT2D eigenvalue weighted by Gasteiger charge is 2.29. The van der Waals surface area contributed by atoms with Crippen LogP contribution in [0.25, 0.3) is 11.1 Å². The molecule has 23 heavy (non-hydrogen) atoms. The summed E-state index contributed by atoms with van der Waals surface area (Å²) in [5, 5.41) is 0. The minimum absolute atomic E-state index is 0.135. The molecule has 1 saturated heterocycles. The summed E-state index contributed by atoms with van der Waals surface area (Å²) >= 11 is 0. The van der Waals surface area contributed by atoms with E-state index in [9.17, 15) is 4.79 Å². The highest BCUT2D eigenvalue weighted by atomic mass is 16.6. The number of ether oxygens (including phenoxy) is 2. The monoisotopic (exact) mass is 318 g/mol. The number of aromatic nitrogens is 1. The molecule has 1 fully saturated rings. The van der Waals surface area contributed by atoms with E-state index < -0.39 is 5.60 Å². The minimum Gasteiger partial charge on any atom is -0.445 e. The van der Waals surface area contributed by atoms with Gasteiger partial charge in [-0.25, -0.2) is 4.79 Å². The molecule has 0 N–H and O–H groups in total. The van der Waals surface area contributed by atoms with Gasteiger partial charge in [0.15, 0.2) is 5.58 Å². The van der Waals surface area contributed by atoms with Gasteiger partial charge in [-0.3, -0.25) is 0 Å². The third-order valence-electron chi connectivity index (χ3n) is 3.57. The molecule has 0 spiro atoms. The second-order valence-electron chi connectivity index (χ2n) is 6.76. The number of carbonyl (C=O) groups excluding carboxylic acids is 1. The number of hydrogen-bond donors (Lipinski definition) is 0. The Morgan fingerprint density at radius 3 is 2.87 bits per heavy atom. The number of hydrogen-bond acceptors (Lipinski definition) is 5. The van der Waals surface area contributed by atoms with Gasteiger partial charge >= 0.3 is 12.2 Å². The van der Waals surface area contributed by atoms with Gasteiger partial charge in [0.1, 0.15) is 17.2 Å². The SMILES string of the molecule is CC(C)(C)OC(=O)N1CCCC(Oc2nc3ccccc3o2)C1.